The summed E-state index contributed by atoms with van der Waals surface area (Å²) in [4.78, 5) is 25.0. The second kappa shape index (κ2) is 8.08. The highest BCUT2D eigenvalue weighted by Gasteiger charge is 2.24. The van der Waals surface area contributed by atoms with Gasteiger partial charge in [0.05, 0.1) is 6.26 Å². The number of aromatic nitrogens is 2. The van der Waals surface area contributed by atoms with Crippen molar-refractivity contribution in [1.29, 1.82) is 0 Å². The molecular formula is C20H20FN5O2. The van der Waals surface area contributed by atoms with E-state index >= 15 is 0 Å². The van der Waals surface area contributed by atoms with E-state index in [0.717, 1.165) is 0 Å². The van der Waals surface area contributed by atoms with Gasteiger partial charge >= 0.3 is 0 Å². The number of nitrogens with zero attached hydrogens (tertiary/aromatic N) is 4. The van der Waals surface area contributed by atoms with E-state index in [0.29, 0.717) is 55.8 Å². The van der Waals surface area contributed by atoms with Gasteiger partial charge in [0.1, 0.15) is 11.6 Å². The maximum atomic E-state index is 13.7. The number of carbonyl (C=O) groups excluding carboxylic acids is 1. The molecule has 0 unspecified atom stereocenters. The van der Waals surface area contributed by atoms with E-state index in [-0.39, 0.29) is 11.7 Å². The molecule has 144 valence electrons. The Morgan fingerprint density at radius 3 is 2.68 bits per heavy atom. The Bertz CT molecular complexity index is 939. The lowest BCUT2D eigenvalue weighted by atomic mass is 10.2. The summed E-state index contributed by atoms with van der Waals surface area (Å²) in [7, 11) is 0. The quantitative estimate of drug-likeness (QED) is 0.733. The molecule has 2 aromatic heterocycles. The van der Waals surface area contributed by atoms with E-state index < -0.39 is 0 Å². The molecule has 3 heterocycles. The van der Waals surface area contributed by atoms with Crippen LogP contribution in [0.3, 0.4) is 0 Å². The maximum absolute atomic E-state index is 13.7. The molecule has 28 heavy (non-hydrogen) atoms. The molecule has 0 saturated carbocycles. The van der Waals surface area contributed by atoms with E-state index in [1.807, 2.05) is 4.90 Å². The summed E-state index contributed by atoms with van der Waals surface area (Å²) in [6.45, 7) is 2.73. The molecule has 0 spiro atoms. The molecular weight excluding hydrogens is 361 g/mol. The molecule has 1 N–H and O–H groups in total. The molecule has 8 heteroatoms. The number of furan rings is 1. The van der Waals surface area contributed by atoms with Gasteiger partial charge in [-0.15, -0.1) is 0 Å². The van der Waals surface area contributed by atoms with E-state index in [1.165, 1.54) is 12.3 Å². The molecule has 1 fully saturated rings. The Morgan fingerprint density at radius 2 is 1.93 bits per heavy atom. The van der Waals surface area contributed by atoms with Crippen LogP contribution in [0.15, 0.2) is 59.3 Å². The summed E-state index contributed by atoms with van der Waals surface area (Å²) in [6.07, 6.45) is 3.17. The first-order valence-corrected chi connectivity index (χ1v) is 9.09. The summed E-state index contributed by atoms with van der Waals surface area (Å²) in [5.74, 6) is 1.21. The minimum absolute atomic E-state index is 0.106. The lowest BCUT2D eigenvalue weighted by molar-refractivity contribution is 0.0714. The monoisotopic (exact) mass is 381 g/mol. The van der Waals surface area contributed by atoms with Gasteiger partial charge in [0.15, 0.2) is 5.76 Å². The van der Waals surface area contributed by atoms with Crippen molar-refractivity contribution in [3.8, 4) is 0 Å². The zero-order chi connectivity index (χ0) is 19.3. The van der Waals surface area contributed by atoms with Crippen LogP contribution in [0.1, 0.15) is 16.1 Å². The average Bonchev–Trinajstić information content (AvgIpc) is 3.28. The maximum Gasteiger partial charge on any atom is 0.289 e. The van der Waals surface area contributed by atoms with Crippen LogP contribution in [0.2, 0.25) is 0 Å². The lowest BCUT2D eigenvalue weighted by Gasteiger charge is -2.34. The fraction of sp³-hybridized carbons (Fsp3) is 0.250. The van der Waals surface area contributed by atoms with Gasteiger partial charge in [0.25, 0.3) is 5.91 Å². The third-order valence-corrected chi connectivity index (χ3v) is 4.64. The van der Waals surface area contributed by atoms with Crippen LogP contribution in [-0.2, 0) is 6.54 Å². The van der Waals surface area contributed by atoms with E-state index in [2.05, 4.69) is 15.3 Å². The van der Waals surface area contributed by atoms with Crippen molar-refractivity contribution >= 4 is 17.7 Å². The Hall–Kier alpha value is -3.42. The number of amides is 1. The van der Waals surface area contributed by atoms with Crippen LogP contribution in [0.5, 0.6) is 0 Å². The molecule has 1 amide bonds. The van der Waals surface area contributed by atoms with Gasteiger partial charge in [0.2, 0.25) is 5.95 Å². The number of benzene rings is 1. The molecule has 1 saturated heterocycles. The Kier molecular flexibility index (Phi) is 5.18. The van der Waals surface area contributed by atoms with E-state index in [4.69, 9.17) is 4.42 Å². The molecule has 1 aliphatic rings. The van der Waals surface area contributed by atoms with Crippen LogP contribution < -0.4 is 10.2 Å². The first-order valence-electron chi connectivity index (χ1n) is 9.09. The Morgan fingerprint density at radius 1 is 1.11 bits per heavy atom. The number of hydrogen-bond acceptors (Lipinski definition) is 6. The predicted molar refractivity (Wildman–Crippen MR) is 103 cm³/mol. The predicted octanol–water partition coefficient (Wildman–Crippen LogP) is 2.78. The van der Waals surface area contributed by atoms with Crippen LogP contribution in [-0.4, -0.2) is 47.0 Å². The van der Waals surface area contributed by atoms with E-state index in [1.54, 1.807) is 47.5 Å². The van der Waals surface area contributed by atoms with E-state index in [9.17, 15) is 9.18 Å². The number of halogens is 1. The topological polar surface area (TPSA) is 74.5 Å². The molecule has 1 aliphatic heterocycles. The summed E-state index contributed by atoms with van der Waals surface area (Å²) < 4.78 is 18.9. The Balaban J connectivity index is 1.36. The van der Waals surface area contributed by atoms with Gasteiger partial charge in [0, 0.05) is 44.5 Å². The molecule has 0 bridgehead atoms. The molecule has 1 aromatic carbocycles. The highest BCUT2D eigenvalue weighted by Crippen LogP contribution is 2.16. The zero-order valence-corrected chi connectivity index (χ0v) is 15.2. The fourth-order valence-electron chi connectivity index (χ4n) is 3.09. The van der Waals surface area contributed by atoms with Crippen molar-refractivity contribution in [2.75, 3.05) is 36.4 Å². The van der Waals surface area contributed by atoms with Crippen LogP contribution in [0, 0.1) is 5.82 Å². The van der Waals surface area contributed by atoms with Crippen LogP contribution >= 0.6 is 0 Å². The number of hydrogen-bond donors (Lipinski definition) is 1. The Labute approximate surface area is 161 Å². The lowest BCUT2D eigenvalue weighted by Crippen LogP contribution is -2.49. The number of carbonyl (C=O) groups is 1. The summed E-state index contributed by atoms with van der Waals surface area (Å²) in [6, 6.07) is 11.8. The smallest absolute Gasteiger partial charge is 0.289 e. The molecule has 3 aromatic rings. The van der Waals surface area contributed by atoms with Crippen molar-refractivity contribution in [3.05, 3.63) is 72.1 Å². The molecule has 4 rings (SSSR count). The van der Waals surface area contributed by atoms with Crippen molar-refractivity contribution in [2.24, 2.45) is 0 Å². The van der Waals surface area contributed by atoms with Gasteiger partial charge in [-0.1, -0.05) is 18.2 Å². The summed E-state index contributed by atoms with van der Waals surface area (Å²) in [5.41, 5.74) is 0.577. The largest absolute Gasteiger partial charge is 0.459 e. The summed E-state index contributed by atoms with van der Waals surface area (Å²) >= 11 is 0. The molecule has 0 radical (unpaired) electrons. The third kappa shape index (κ3) is 3.95. The third-order valence-electron chi connectivity index (χ3n) is 4.64. The van der Waals surface area contributed by atoms with Crippen molar-refractivity contribution in [3.63, 3.8) is 0 Å². The van der Waals surface area contributed by atoms with Crippen LogP contribution in [0.4, 0.5) is 16.2 Å². The van der Waals surface area contributed by atoms with Crippen LogP contribution in [0.25, 0.3) is 0 Å². The minimum Gasteiger partial charge on any atom is -0.459 e. The minimum atomic E-state index is -0.248. The number of piperazine rings is 1. The van der Waals surface area contributed by atoms with Gasteiger partial charge in [-0.2, -0.15) is 4.98 Å². The van der Waals surface area contributed by atoms with Gasteiger partial charge < -0.3 is 19.5 Å². The first kappa shape index (κ1) is 18.0. The second-order valence-corrected chi connectivity index (χ2v) is 6.44. The summed E-state index contributed by atoms with van der Waals surface area (Å²) in [5, 5.41) is 3.13. The van der Waals surface area contributed by atoms with Crippen molar-refractivity contribution in [2.45, 2.75) is 6.54 Å². The van der Waals surface area contributed by atoms with Gasteiger partial charge in [-0.3, -0.25) is 4.79 Å². The number of rotatable bonds is 5. The number of nitrogens with one attached hydrogen (secondary N) is 1. The fourth-order valence-corrected chi connectivity index (χ4v) is 3.09. The normalized spacial score (nSPS) is 14.2. The first-order chi connectivity index (χ1) is 13.7. The standard InChI is InChI=1S/C20H20FN5O2/c21-16-5-2-1-4-15(16)14-23-18-7-8-22-20(24-18)26-11-9-25(10-12-26)19(27)17-6-3-13-28-17/h1-8,13H,9-12,14H2,(H,22,23,24). The average molecular weight is 381 g/mol. The highest BCUT2D eigenvalue weighted by molar-refractivity contribution is 5.91. The number of anilines is 2. The van der Waals surface area contributed by atoms with Crippen molar-refractivity contribution < 1.29 is 13.6 Å². The molecule has 0 aliphatic carbocycles. The van der Waals surface area contributed by atoms with Gasteiger partial charge in [-0.25, -0.2) is 9.37 Å². The van der Waals surface area contributed by atoms with Gasteiger partial charge in [-0.05, 0) is 24.3 Å². The van der Waals surface area contributed by atoms with Crippen molar-refractivity contribution in [1.82, 2.24) is 14.9 Å². The molecule has 0 atom stereocenters. The SMILES string of the molecule is O=C(c1ccco1)N1CCN(c2nccc(NCc3ccccc3F)n2)CC1. The highest BCUT2D eigenvalue weighted by atomic mass is 19.1. The second-order valence-electron chi connectivity index (χ2n) is 6.44. The zero-order valence-electron chi connectivity index (χ0n) is 15.2. The molecule has 7 nitrogen and oxygen atoms in total.